The van der Waals surface area contributed by atoms with Crippen molar-refractivity contribution in [3.05, 3.63) is 40.8 Å². The first-order valence-electron chi connectivity index (χ1n) is 8.30. The molecule has 5 heteroatoms. The molecule has 0 bridgehead atoms. The quantitative estimate of drug-likeness (QED) is 0.926. The summed E-state index contributed by atoms with van der Waals surface area (Å²) in [5.41, 5.74) is 3.65. The second kappa shape index (κ2) is 6.04. The van der Waals surface area contributed by atoms with Crippen LogP contribution >= 0.6 is 11.8 Å². The van der Waals surface area contributed by atoms with E-state index in [-0.39, 0.29) is 5.91 Å². The lowest BCUT2D eigenvalue weighted by Gasteiger charge is -2.32. The highest BCUT2D eigenvalue weighted by molar-refractivity contribution is 8.16. The zero-order valence-electron chi connectivity index (χ0n) is 13.3. The lowest BCUT2D eigenvalue weighted by molar-refractivity contribution is -0.119. The lowest BCUT2D eigenvalue weighted by atomic mass is 9.90. The smallest absolute Gasteiger partial charge is 0.217 e. The zero-order valence-corrected chi connectivity index (χ0v) is 14.1. The van der Waals surface area contributed by atoms with Gasteiger partial charge in [-0.05, 0) is 24.0 Å². The Hall–Kier alpha value is -1.75. The van der Waals surface area contributed by atoms with E-state index in [9.17, 15) is 4.79 Å². The molecule has 2 atom stereocenters. The molecule has 1 aliphatic carbocycles. The number of rotatable bonds is 3. The van der Waals surface area contributed by atoms with Crippen LogP contribution in [0.1, 0.15) is 43.7 Å². The predicted octanol–water partition coefficient (Wildman–Crippen LogP) is 3.35. The van der Waals surface area contributed by atoms with Crippen molar-refractivity contribution in [1.29, 1.82) is 0 Å². The zero-order chi connectivity index (χ0) is 15.8. The van der Waals surface area contributed by atoms with Crippen LogP contribution in [-0.4, -0.2) is 28.1 Å². The summed E-state index contributed by atoms with van der Waals surface area (Å²) in [6.45, 7) is 2.13. The first kappa shape index (κ1) is 14.8. The van der Waals surface area contributed by atoms with Crippen LogP contribution in [0.4, 0.5) is 0 Å². The number of nitrogens with zero attached hydrogens (tertiary/aromatic N) is 2. The normalized spacial score (nSPS) is 25.5. The Morgan fingerprint density at radius 1 is 1.30 bits per heavy atom. The molecular formula is C18H21N3OS. The molecule has 1 aromatic carbocycles. The van der Waals surface area contributed by atoms with Gasteiger partial charge >= 0.3 is 0 Å². The summed E-state index contributed by atoms with van der Waals surface area (Å²) in [6, 6.07) is 9.56. The molecule has 120 valence electrons. The van der Waals surface area contributed by atoms with Gasteiger partial charge < -0.3 is 10.2 Å². The Morgan fingerprint density at radius 2 is 2.09 bits per heavy atom. The summed E-state index contributed by atoms with van der Waals surface area (Å²) in [5, 5.41) is 6.25. The summed E-state index contributed by atoms with van der Waals surface area (Å²) in [7, 11) is 0. The number of carbonyl (C=O) groups is 1. The van der Waals surface area contributed by atoms with Gasteiger partial charge in [0.05, 0.1) is 17.8 Å². The van der Waals surface area contributed by atoms with Crippen LogP contribution < -0.4 is 5.32 Å². The SMILES string of the molecule is CC(=O)NCc1ccc(C2=CSC3=N[C@H]4CCCC[C@@H]4N23)cc1. The fourth-order valence-electron chi connectivity index (χ4n) is 3.65. The molecule has 0 saturated heterocycles. The highest BCUT2D eigenvalue weighted by Crippen LogP contribution is 2.43. The van der Waals surface area contributed by atoms with Crippen LogP contribution in [0.5, 0.6) is 0 Å². The van der Waals surface area contributed by atoms with E-state index < -0.39 is 0 Å². The fourth-order valence-corrected chi connectivity index (χ4v) is 4.66. The van der Waals surface area contributed by atoms with E-state index in [1.807, 2.05) is 0 Å². The number of aliphatic imine (C=N–C) groups is 1. The minimum absolute atomic E-state index is 0.00485. The molecule has 1 amide bonds. The maximum Gasteiger partial charge on any atom is 0.217 e. The van der Waals surface area contributed by atoms with Crippen molar-refractivity contribution in [3.63, 3.8) is 0 Å². The average molecular weight is 327 g/mol. The number of thioether (sulfide) groups is 1. The highest BCUT2D eigenvalue weighted by atomic mass is 32.2. The number of nitrogens with one attached hydrogen (secondary N) is 1. The molecule has 0 unspecified atom stereocenters. The summed E-state index contributed by atoms with van der Waals surface area (Å²) < 4.78 is 0. The average Bonchev–Trinajstić information content (AvgIpc) is 3.12. The third-order valence-electron chi connectivity index (χ3n) is 4.83. The summed E-state index contributed by atoms with van der Waals surface area (Å²) in [6.07, 6.45) is 5.10. The number of amides is 1. The molecule has 0 radical (unpaired) electrons. The van der Waals surface area contributed by atoms with E-state index >= 15 is 0 Å². The second-order valence-electron chi connectivity index (χ2n) is 6.43. The van der Waals surface area contributed by atoms with Gasteiger partial charge in [-0.1, -0.05) is 48.9 Å². The highest BCUT2D eigenvalue weighted by Gasteiger charge is 2.41. The molecule has 23 heavy (non-hydrogen) atoms. The number of benzene rings is 1. The van der Waals surface area contributed by atoms with Crippen LogP contribution in [0, 0.1) is 0 Å². The minimum atomic E-state index is 0.00485. The third-order valence-corrected chi connectivity index (χ3v) is 5.69. The first-order chi connectivity index (χ1) is 11.2. The molecule has 1 N–H and O–H groups in total. The van der Waals surface area contributed by atoms with Gasteiger partial charge in [0.25, 0.3) is 0 Å². The van der Waals surface area contributed by atoms with Crippen molar-refractivity contribution in [1.82, 2.24) is 10.2 Å². The number of hydrogen-bond acceptors (Lipinski definition) is 4. The van der Waals surface area contributed by atoms with Crippen molar-refractivity contribution in [2.24, 2.45) is 4.99 Å². The van der Waals surface area contributed by atoms with Gasteiger partial charge in [-0.25, -0.2) is 0 Å². The van der Waals surface area contributed by atoms with E-state index in [2.05, 4.69) is 39.9 Å². The minimum Gasteiger partial charge on any atom is -0.352 e. The molecule has 4 nitrogen and oxygen atoms in total. The van der Waals surface area contributed by atoms with Crippen molar-refractivity contribution in [3.8, 4) is 0 Å². The van der Waals surface area contributed by atoms with E-state index in [0.29, 0.717) is 18.6 Å². The van der Waals surface area contributed by atoms with Crippen LogP contribution in [0.15, 0.2) is 34.7 Å². The molecule has 3 aliphatic rings. The largest absolute Gasteiger partial charge is 0.352 e. The van der Waals surface area contributed by atoms with Crippen LogP contribution in [0.25, 0.3) is 5.70 Å². The Balaban J connectivity index is 1.52. The number of hydrogen-bond donors (Lipinski definition) is 1. The predicted molar refractivity (Wildman–Crippen MR) is 94.8 cm³/mol. The third kappa shape index (κ3) is 2.78. The number of fused-ring (bicyclic) bond motifs is 3. The topological polar surface area (TPSA) is 44.7 Å². The van der Waals surface area contributed by atoms with Crippen molar-refractivity contribution >= 4 is 28.5 Å². The molecule has 2 heterocycles. The molecule has 1 saturated carbocycles. The number of carbonyl (C=O) groups excluding carboxylic acids is 1. The van der Waals surface area contributed by atoms with Crippen LogP contribution in [0.2, 0.25) is 0 Å². The molecule has 0 spiro atoms. The first-order valence-corrected chi connectivity index (χ1v) is 9.18. The Morgan fingerprint density at radius 3 is 2.87 bits per heavy atom. The van der Waals surface area contributed by atoms with Gasteiger partial charge in [-0.15, -0.1) is 0 Å². The maximum absolute atomic E-state index is 11.0. The fraction of sp³-hybridized carbons (Fsp3) is 0.444. The van der Waals surface area contributed by atoms with Crippen LogP contribution in [-0.2, 0) is 11.3 Å². The molecule has 0 aromatic heterocycles. The van der Waals surface area contributed by atoms with Gasteiger partial charge in [-0.3, -0.25) is 9.79 Å². The summed E-state index contributed by atoms with van der Waals surface area (Å²) >= 11 is 1.76. The molecule has 1 fully saturated rings. The summed E-state index contributed by atoms with van der Waals surface area (Å²) in [4.78, 5) is 18.4. The van der Waals surface area contributed by atoms with E-state index in [0.717, 1.165) is 5.56 Å². The lowest BCUT2D eigenvalue weighted by Crippen LogP contribution is -2.38. The molecular weight excluding hydrogens is 306 g/mol. The van der Waals surface area contributed by atoms with Crippen molar-refractivity contribution < 1.29 is 4.79 Å². The van der Waals surface area contributed by atoms with E-state index in [1.54, 1.807) is 18.7 Å². The second-order valence-corrected chi connectivity index (χ2v) is 7.26. The number of amidine groups is 1. The Labute approximate surface area is 141 Å². The van der Waals surface area contributed by atoms with Gasteiger partial charge in [0.2, 0.25) is 5.91 Å². The molecule has 4 rings (SSSR count). The van der Waals surface area contributed by atoms with Crippen molar-refractivity contribution in [2.45, 2.75) is 51.2 Å². The standard InChI is InChI=1S/C18H21N3OS/c1-12(22)19-10-13-6-8-14(9-7-13)17-11-23-18-20-15-4-2-3-5-16(15)21(17)18/h6-9,11,15-16H,2-5,10H2,1H3,(H,19,22)/t15-,16-/m0/s1. The van der Waals surface area contributed by atoms with Gasteiger partial charge in [0.1, 0.15) is 0 Å². The van der Waals surface area contributed by atoms with Gasteiger partial charge in [-0.2, -0.15) is 0 Å². The van der Waals surface area contributed by atoms with Gasteiger partial charge in [0.15, 0.2) is 5.17 Å². The van der Waals surface area contributed by atoms with Crippen LogP contribution in [0.3, 0.4) is 0 Å². The Kier molecular flexibility index (Phi) is 3.89. The summed E-state index contributed by atoms with van der Waals surface area (Å²) in [5.74, 6) is 0.00485. The van der Waals surface area contributed by atoms with E-state index in [4.69, 9.17) is 4.99 Å². The Bertz CT molecular complexity index is 680. The monoisotopic (exact) mass is 327 g/mol. The van der Waals surface area contributed by atoms with Gasteiger partial charge in [0, 0.05) is 18.9 Å². The molecule has 2 aliphatic heterocycles. The van der Waals surface area contributed by atoms with Crippen molar-refractivity contribution in [2.75, 3.05) is 0 Å². The maximum atomic E-state index is 11.0. The van der Waals surface area contributed by atoms with E-state index in [1.165, 1.54) is 42.1 Å². The molecule has 1 aromatic rings.